The van der Waals surface area contributed by atoms with Crippen LogP contribution < -0.4 is 14.8 Å². The Morgan fingerprint density at radius 1 is 1.35 bits per heavy atom. The van der Waals surface area contributed by atoms with E-state index < -0.39 is 5.97 Å². The number of nitrogens with zero attached hydrogens (tertiary/aromatic N) is 1. The summed E-state index contributed by atoms with van der Waals surface area (Å²) in [5.74, 6) is 0.0294. The molecule has 7 nitrogen and oxygen atoms in total. The van der Waals surface area contributed by atoms with Crippen molar-refractivity contribution < 1.29 is 24.2 Å². The minimum absolute atomic E-state index is 0.261. The van der Waals surface area contributed by atoms with E-state index in [0.29, 0.717) is 49.7 Å². The normalized spacial score (nSPS) is 15.1. The van der Waals surface area contributed by atoms with Gasteiger partial charge >= 0.3 is 12.0 Å². The Hall–Kier alpha value is -2.44. The van der Waals surface area contributed by atoms with Gasteiger partial charge in [-0.3, -0.25) is 4.79 Å². The van der Waals surface area contributed by atoms with Gasteiger partial charge in [-0.2, -0.15) is 0 Å². The summed E-state index contributed by atoms with van der Waals surface area (Å²) in [5.41, 5.74) is 0.538. The van der Waals surface area contributed by atoms with Gasteiger partial charge in [0.05, 0.1) is 25.3 Å². The number of carboxylic acid groups (broad SMARTS) is 1. The highest BCUT2D eigenvalue weighted by atomic mass is 16.5. The van der Waals surface area contributed by atoms with Crippen LogP contribution in [-0.4, -0.2) is 48.8 Å². The maximum absolute atomic E-state index is 12.4. The van der Waals surface area contributed by atoms with E-state index in [-0.39, 0.29) is 11.9 Å². The summed E-state index contributed by atoms with van der Waals surface area (Å²) in [4.78, 5) is 25.0. The highest BCUT2D eigenvalue weighted by molar-refractivity contribution is 5.91. The Morgan fingerprint density at radius 3 is 2.61 bits per heavy atom. The molecule has 0 aromatic heterocycles. The Kier molecular flexibility index (Phi) is 5.67. The fraction of sp³-hybridized carbons (Fsp3) is 0.500. The van der Waals surface area contributed by atoms with Crippen molar-refractivity contribution in [3.05, 3.63) is 18.2 Å². The molecule has 2 amide bonds. The minimum Gasteiger partial charge on any atom is -0.497 e. The van der Waals surface area contributed by atoms with Gasteiger partial charge in [-0.15, -0.1) is 0 Å². The third-order valence-electron chi connectivity index (χ3n) is 3.86. The van der Waals surface area contributed by atoms with Crippen LogP contribution in [0.1, 0.15) is 19.8 Å². The second-order valence-corrected chi connectivity index (χ2v) is 5.32. The predicted octanol–water partition coefficient (Wildman–Crippen LogP) is 2.42. The van der Waals surface area contributed by atoms with Crippen molar-refractivity contribution in [2.24, 2.45) is 5.92 Å². The average molecular weight is 322 g/mol. The van der Waals surface area contributed by atoms with Gasteiger partial charge in [-0.1, -0.05) is 0 Å². The number of urea groups is 1. The molecule has 1 aliphatic rings. The van der Waals surface area contributed by atoms with Crippen LogP contribution in [0.4, 0.5) is 10.5 Å². The zero-order chi connectivity index (χ0) is 16.8. The van der Waals surface area contributed by atoms with Crippen molar-refractivity contribution in [1.82, 2.24) is 4.90 Å². The lowest BCUT2D eigenvalue weighted by Gasteiger charge is -2.30. The third-order valence-corrected chi connectivity index (χ3v) is 3.86. The lowest BCUT2D eigenvalue weighted by Crippen LogP contribution is -2.42. The van der Waals surface area contributed by atoms with Gasteiger partial charge in [0.2, 0.25) is 0 Å². The second kappa shape index (κ2) is 7.71. The highest BCUT2D eigenvalue weighted by Crippen LogP contribution is 2.30. The molecule has 23 heavy (non-hydrogen) atoms. The van der Waals surface area contributed by atoms with Crippen LogP contribution in [-0.2, 0) is 4.79 Å². The Morgan fingerprint density at radius 2 is 2.04 bits per heavy atom. The Balaban J connectivity index is 2.03. The molecule has 1 aromatic carbocycles. The van der Waals surface area contributed by atoms with E-state index in [0.717, 1.165) is 0 Å². The second-order valence-electron chi connectivity index (χ2n) is 5.32. The molecule has 1 aliphatic heterocycles. The monoisotopic (exact) mass is 322 g/mol. The fourth-order valence-corrected chi connectivity index (χ4v) is 2.54. The quantitative estimate of drug-likeness (QED) is 0.869. The molecule has 2 N–H and O–H groups in total. The van der Waals surface area contributed by atoms with Gasteiger partial charge in [0.15, 0.2) is 0 Å². The first-order chi connectivity index (χ1) is 11.0. The van der Waals surface area contributed by atoms with E-state index in [1.54, 1.807) is 30.2 Å². The Labute approximate surface area is 135 Å². The highest BCUT2D eigenvalue weighted by Gasteiger charge is 2.27. The van der Waals surface area contributed by atoms with Crippen LogP contribution in [0.5, 0.6) is 11.5 Å². The van der Waals surface area contributed by atoms with Crippen LogP contribution in [0.15, 0.2) is 18.2 Å². The average Bonchev–Trinajstić information content (AvgIpc) is 2.56. The number of likely N-dealkylation sites (tertiary alicyclic amines) is 1. The SMILES string of the molecule is CCOc1ccc(OC)cc1NC(=O)N1CCC(C(=O)O)CC1. The summed E-state index contributed by atoms with van der Waals surface area (Å²) in [6.45, 7) is 3.21. The van der Waals surface area contributed by atoms with Crippen LogP contribution in [0.3, 0.4) is 0 Å². The van der Waals surface area contributed by atoms with Gasteiger partial charge in [0.25, 0.3) is 0 Å². The number of aliphatic carboxylic acids is 1. The maximum Gasteiger partial charge on any atom is 0.321 e. The van der Waals surface area contributed by atoms with E-state index in [1.807, 2.05) is 6.92 Å². The summed E-state index contributed by atoms with van der Waals surface area (Å²) in [5, 5.41) is 11.8. The molecular weight excluding hydrogens is 300 g/mol. The topological polar surface area (TPSA) is 88.1 Å². The maximum atomic E-state index is 12.4. The summed E-state index contributed by atoms with van der Waals surface area (Å²) in [7, 11) is 1.55. The number of carbonyl (C=O) groups is 2. The molecule has 1 fully saturated rings. The predicted molar refractivity (Wildman–Crippen MR) is 85.1 cm³/mol. The molecule has 0 bridgehead atoms. The lowest BCUT2D eigenvalue weighted by molar-refractivity contribution is -0.143. The van der Waals surface area contributed by atoms with Crippen molar-refractivity contribution in [2.45, 2.75) is 19.8 Å². The van der Waals surface area contributed by atoms with E-state index in [1.165, 1.54) is 0 Å². The molecular formula is C16H22N2O5. The first-order valence-corrected chi connectivity index (χ1v) is 7.64. The zero-order valence-electron chi connectivity index (χ0n) is 13.4. The molecule has 0 aliphatic carbocycles. The van der Waals surface area contributed by atoms with Gasteiger partial charge in [0.1, 0.15) is 11.5 Å². The van der Waals surface area contributed by atoms with Gasteiger partial charge in [-0.05, 0) is 31.9 Å². The number of piperidine rings is 1. The van der Waals surface area contributed by atoms with Gasteiger partial charge in [-0.25, -0.2) is 4.79 Å². The van der Waals surface area contributed by atoms with E-state index >= 15 is 0 Å². The fourth-order valence-electron chi connectivity index (χ4n) is 2.54. The van der Waals surface area contributed by atoms with Gasteiger partial charge in [0, 0.05) is 19.2 Å². The zero-order valence-corrected chi connectivity index (χ0v) is 13.4. The van der Waals surface area contributed by atoms with Crippen molar-refractivity contribution >= 4 is 17.7 Å². The Bertz CT molecular complexity index is 568. The minimum atomic E-state index is -0.795. The van der Waals surface area contributed by atoms with Crippen molar-refractivity contribution in [2.75, 3.05) is 32.1 Å². The number of anilines is 1. The van der Waals surface area contributed by atoms with Crippen LogP contribution in [0, 0.1) is 5.92 Å². The van der Waals surface area contributed by atoms with Crippen molar-refractivity contribution in [1.29, 1.82) is 0 Å². The molecule has 1 saturated heterocycles. The number of rotatable bonds is 5. The number of amides is 2. The van der Waals surface area contributed by atoms with E-state index in [4.69, 9.17) is 14.6 Å². The van der Waals surface area contributed by atoms with E-state index in [9.17, 15) is 9.59 Å². The molecule has 0 unspecified atom stereocenters. The first-order valence-electron chi connectivity index (χ1n) is 7.64. The number of nitrogens with one attached hydrogen (secondary N) is 1. The smallest absolute Gasteiger partial charge is 0.321 e. The number of hydrogen-bond donors (Lipinski definition) is 2. The molecule has 126 valence electrons. The molecule has 7 heteroatoms. The van der Waals surface area contributed by atoms with Crippen molar-refractivity contribution in [3.8, 4) is 11.5 Å². The van der Waals surface area contributed by atoms with Crippen LogP contribution in [0.25, 0.3) is 0 Å². The van der Waals surface area contributed by atoms with E-state index in [2.05, 4.69) is 5.32 Å². The van der Waals surface area contributed by atoms with Crippen LogP contribution in [0.2, 0.25) is 0 Å². The number of carboxylic acids is 1. The summed E-state index contributed by atoms with van der Waals surface area (Å²) < 4.78 is 10.7. The van der Waals surface area contributed by atoms with Gasteiger partial charge < -0.3 is 24.8 Å². The number of ether oxygens (including phenoxy) is 2. The molecule has 2 rings (SSSR count). The number of carbonyl (C=O) groups excluding carboxylic acids is 1. The molecule has 0 saturated carbocycles. The molecule has 1 heterocycles. The lowest BCUT2D eigenvalue weighted by atomic mass is 9.97. The standard InChI is InChI=1S/C16H22N2O5/c1-3-23-14-5-4-12(22-2)10-13(14)17-16(21)18-8-6-11(7-9-18)15(19)20/h4-5,10-11H,3,6-9H2,1-2H3,(H,17,21)(H,19,20). The molecule has 0 atom stereocenters. The summed E-state index contributed by atoms with van der Waals surface area (Å²) >= 11 is 0. The third kappa shape index (κ3) is 4.28. The number of methoxy groups -OCH3 is 1. The molecule has 1 aromatic rings. The summed E-state index contributed by atoms with van der Waals surface area (Å²) in [6, 6.07) is 4.95. The number of hydrogen-bond acceptors (Lipinski definition) is 4. The van der Waals surface area contributed by atoms with Crippen molar-refractivity contribution in [3.63, 3.8) is 0 Å². The molecule has 0 spiro atoms. The van der Waals surface area contributed by atoms with Crippen LogP contribution >= 0.6 is 0 Å². The molecule has 0 radical (unpaired) electrons. The largest absolute Gasteiger partial charge is 0.497 e. The summed E-state index contributed by atoms with van der Waals surface area (Å²) in [6.07, 6.45) is 0.943. The number of benzene rings is 1. The first kappa shape index (κ1) is 16.9.